The van der Waals surface area contributed by atoms with Crippen LogP contribution < -0.4 is 14.8 Å². The predicted octanol–water partition coefficient (Wildman–Crippen LogP) is 6.61. The van der Waals surface area contributed by atoms with Gasteiger partial charge in [-0.05, 0) is 60.3 Å². The third kappa shape index (κ3) is 10.4. The second kappa shape index (κ2) is 12.8. The molecule has 9 nitrogen and oxygen atoms in total. The average Bonchev–Trinajstić information content (AvgIpc) is 2.81. The zero-order valence-electron chi connectivity index (χ0n) is 27.6. The van der Waals surface area contributed by atoms with E-state index < -0.39 is 35.6 Å². The van der Waals surface area contributed by atoms with Gasteiger partial charge in [-0.2, -0.15) is 0 Å². The Balaban J connectivity index is 2.25. The van der Waals surface area contributed by atoms with Gasteiger partial charge >= 0.3 is 24.0 Å². The lowest BCUT2D eigenvalue weighted by molar-refractivity contribution is -0.156. The van der Waals surface area contributed by atoms with Gasteiger partial charge in [-0.1, -0.05) is 86.6 Å². The molecule has 2 N–H and O–H groups in total. The quantitative estimate of drug-likeness (QED) is 0.216. The van der Waals surface area contributed by atoms with E-state index in [9.17, 15) is 24.3 Å². The van der Waals surface area contributed by atoms with E-state index in [1.807, 2.05) is 53.7 Å². The zero-order chi connectivity index (χ0) is 33.1. The lowest BCUT2D eigenvalue weighted by Crippen LogP contribution is -2.44. The van der Waals surface area contributed by atoms with Crippen LogP contribution >= 0.6 is 0 Å². The standard InChI is InChI=1S/C34H47NO8/c1-31(2,3)21-18-23(32(4,5)6)26(24(19-21)33(7,8)9)42-29(39)28(38)41-22-15-13-20(14-16-22)17-25(27(36)37)35-30(40)43-34(10,11)12/h13-16,18-19,25H,17H2,1-12H3,(H,35,40)(H,36,37). The van der Waals surface area contributed by atoms with Gasteiger partial charge in [-0.25, -0.2) is 19.2 Å². The first-order chi connectivity index (χ1) is 19.4. The van der Waals surface area contributed by atoms with Gasteiger partial charge in [0.05, 0.1) is 0 Å². The van der Waals surface area contributed by atoms with Crippen LogP contribution in [0.3, 0.4) is 0 Å². The molecular formula is C34H47NO8. The fourth-order valence-electron chi connectivity index (χ4n) is 4.15. The van der Waals surface area contributed by atoms with E-state index >= 15 is 0 Å². The summed E-state index contributed by atoms with van der Waals surface area (Å²) in [5, 5.41) is 11.9. The molecule has 0 saturated carbocycles. The summed E-state index contributed by atoms with van der Waals surface area (Å²) in [6.45, 7) is 23.5. The van der Waals surface area contributed by atoms with Crippen LogP contribution in [0.1, 0.15) is 105 Å². The second-order valence-electron chi connectivity index (χ2n) is 14.8. The molecule has 0 heterocycles. The predicted molar refractivity (Wildman–Crippen MR) is 165 cm³/mol. The Morgan fingerprint density at radius 2 is 1.19 bits per heavy atom. The van der Waals surface area contributed by atoms with Gasteiger partial charge in [0.25, 0.3) is 0 Å². The lowest BCUT2D eigenvalue weighted by Gasteiger charge is -2.32. The lowest BCUT2D eigenvalue weighted by atomic mass is 9.74. The van der Waals surface area contributed by atoms with Crippen molar-refractivity contribution in [3.63, 3.8) is 0 Å². The summed E-state index contributed by atoms with van der Waals surface area (Å²) in [6.07, 6.45) is -0.887. The normalized spacial score (nSPS) is 13.1. The summed E-state index contributed by atoms with van der Waals surface area (Å²) < 4.78 is 16.2. The molecule has 0 aliphatic rings. The number of hydrogen-bond acceptors (Lipinski definition) is 7. The highest BCUT2D eigenvalue weighted by Gasteiger charge is 2.33. The van der Waals surface area contributed by atoms with Gasteiger partial charge in [0.15, 0.2) is 0 Å². The topological polar surface area (TPSA) is 128 Å². The molecule has 2 rings (SSSR count). The van der Waals surface area contributed by atoms with E-state index in [-0.39, 0.29) is 28.4 Å². The van der Waals surface area contributed by atoms with E-state index in [1.54, 1.807) is 32.9 Å². The summed E-state index contributed by atoms with van der Waals surface area (Å²) in [5.74, 6) is -3.15. The molecule has 9 heteroatoms. The van der Waals surface area contributed by atoms with Gasteiger partial charge in [0.1, 0.15) is 23.1 Å². The maximum atomic E-state index is 13.0. The van der Waals surface area contributed by atoms with E-state index in [0.29, 0.717) is 11.3 Å². The van der Waals surface area contributed by atoms with Crippen LogP contribution in [0.15, 0.2) is 36.4 Å². The highest BCUT2D eigenvalue weighted by molar-refractivity contribution is 6.31. The molecule has 2 aromatic carbocycles. The summed E-state index contributed by atoms with van der Waals surface area (Å²) >= 11 is 0. The van der Waals surface area contributed by atoms with Crippen LogP contribution in [-0.2, 0) is 41.8 Å². The van der Waals surface area contributed by atoms with Crippen molar-refractivity contribution in [3.8, 4) is 11.5 Å². The Kier molecular flexibility index (Phi) is 10.5. The fraction of sp³-hybridized carbons (Fsp3) is 0.529. The van der Waals surface area contributed by atoms with Gasteiger partial charge in [-0.3, -0.25) is 0 Å². The molecule has 0 aliphatic heterocycles. The molecule has 43 heavy (non-hydrogen) atoms. The van der Waals surface area contributed by atoms with Crippen LogP contribution in [0.2, 0.25) is 0 Å². The highest BCUT2D eigenvalue weighted by atomic mass is 16.6. The molecule has 0 fully saturated rings. The first kappa shape index (κ1) is 35.3. The summed E-state index contributed by atoms with van der Waals surface area (Å²) in [4.78, 5) is 49.6. The Morgan fingerprint density at radius 1 is 0.721 bits per heavy atom. The smallest absolute Gasteiger partial charge is 0.423 e. The van der Waals surface area contributed by atoms with Crippen LogP contribution in [0, 0.1) is 0 Å². The molecule has 1 unspecified atom stereocenters. The number of carbonyl (C=O) groups is 4. The minimum absolute atomic E-state index is 0.0411. The Morgan fingerprint density at radius 3 is 1.58 bits per heavy atom. The average molecular weight is 598 g/mol. The van der Waals surface area contributed by atoms with Crippen molar-refractivity contribution in [2.45, 2.75) is 117 Å². The third-order valence-corrected chi connectivity index (χ3v) is 6.50. The van der Waals surface area contributed by atoms with Crippen molar-refractivity contribution in [2.75, 3.05) is 0 Å². The van der Waals surface area contributed by atoms with E-state index in [4.69, 9.17) is 14.2 Å². The van der Waals surface area contributed by atoms with Gasteiger partial charge < -0.3 is 24.6 Å². The van der Waals surface area contributed by atoms with Gasteiger partial charge in [0.2, 0.25) is 0 Å². The summed E-state index contributed by atoms with van der Waals surface area (Å²) in [6, 6.07) is 8.78. The van der Waals surface area contributed by atoms with E-state index in [1.165, 1.54) is 12.1 Å². The molecule has 0 aliphatic carbocycles. The van der Waals surface area contributed by atoms with Crippen molar-refractivity contribution >= 4 is 24.0 Å². The van der Waals surface area contributed by atoms with Crippen LogP contribution in [0.4, 0.5) is 4.79 Å². The molecule has 0 aromatic heterocycles. The number of carboxylic acid groups (broad SMARTS) is 1. The van der Waals surface area contributed by atoms with Crippen molar-refractivity contribution in [3.05, 3.63) is 58.7 Å². The largest absolute Gasteiger partial charge is 0.480 e. The number of rotatable bonds is 6. The Labute approximate surface area is 255 Å². The molecule has 1 amide bonds. The first-order valence-corrected chi connectivity index (χ1v) is 14.3. The van der Waals surface area contributed by atoms with Gasteiger partial charge in [-0.15, -0.1) is 0 Å². The minimum atomic E-state index is -1.24. The number of nitrogens with one attached hydrogen (secondary N) is 1. The molecule has 0 radical (unpaired) electrons. The van der Waals surface area contributed by atoms with Crippen LogP contribution in [-0.4, -0.2) is 40.8 Å². The van der Waals surface area contributed by atoms with Gasteiger partial charge in [0, 0.05) is 17.5 Å². The number of esters is 2. The monoisotopic (exact) mass is 597 g/mol. The van der Waals surface area contributed by atoms with E-state index in [2.05, 4.69) is 26.1 Å². The number of benzene rings is 2. The number of aliphatic carboxylic acids is 1. The first-order valence-electron chi connectivity index (χ1n) is 14.3. The fourth-order valence-corrected chi connectivity index (χ4v) is 4.15. The van der Waals surface area contributed by atoms with Crippen LogP contribution in [0.25, 0.3) is 0 Å². The minimum Gasteiger partial charge on any atom is -0.480 e. The number of alkyl carbamates (subject to hydrolysis) is 1. The molecule has 0 saturated heterocycles. The van der Waals surface area contributed by atoms with Crippen LogP contribution in [0.5, 0.6) is 11.5 Å². The zero-order valence-corrected chi connectivity index (χ0v) is 27.6. The maximum Gasteiger partial charge on any atom is 0.423 e. The number of amides is 1. The van der Waals surface area contributed by atoms with E-state index in [0.717, 1.165) is 16.7 Å². The summed E-state index contributed by atoms with van der Waals surface area (Å²) in [7, 11) is 0. The van der Waals surface area contributed by atoms with Crippen molar-refractivity contribution < 1.29 is 38.5 Å². The Hall–Kier alpha value is -3.88. The number of ether oxygens (including phenoxy) is 3. The van der Waals surface area contributed by atoms with Crippen molar-refractivity contribution in [1.29, 1.82) is 0 Å². The molecule has 0 bridgehead atoms. The SMILES string of the molecule is CC(C)(C)OC(=O)NC(Cc1ccc(OC(=O)C(=O)Oc2c(C(C)(C)C)cc(C(C)(C)C)cc2C(C)(C)C)cc1)C(=O)O. The molecule has 1 atom stereocenters. The highest BCUT2D eigenvalue weighted by Crippen LogP contribution is 2.43. The molecule has 236 valence electrons. The van der Waals surface area contributed by atoms with Crippen molar-refractivity contribution in [2.24, 2.45) is 0 Å². The molecular weight excluding hydrogens is 550 g/mol. The Bertz CT molecular complexity index is 1310. The molecule has 2 aromatic rings. The third-order valence-electron chi connectivity index (χ3n) is 6.50. The molecule has 0 spiro atoms. The maximum absolute atomic E-state index is 13.0. The summed E-state index contributed by atoms with van der Waals surface area (Å²) in [5.41, 5.74) is 1.56. The second-order valence-corrected chi connectivity index (χ2v) is 14.8. The van der Waals surface area contributed by atoms with Crippen molar-refractivity contribution in [1.82, 2.24) is 5.32 Å². The number of carboxylic acids is 1. The number of carbonyl (C=O) groups excluding carboxylic acids is 3. The number of hydrogen-bond donors (Lipinski definition) is 2.